The Morgan fingerprint density at radius 3 is 2.67 bits per heavy atom. The first-order valence-corrected chi connectivity index (χ1v) is 10.1. The van der Waals surface area contributed by atoms with Crippen LogP contribution in [0.15, 0.2) is 41.2 Å². The van der Waals surface area contributed by atoms with E-state index in [1.54, 1.807) is 6.07 Å². The molecule has 1 amide bonds. The Balaban J connectivity index is 1.57. The van der Waals surface area contributed by atoms with Crippen LogP contribution in [0.5, 0.6) is 0 Å². The summed E-state index contributed by atoms with van der Waals surface area (Å²) in [6.07, 6.45) is 10.1. The highest BCUT2D eigenvalue weighted by molar-refractivity contribution is 5.81. The zero-order valence-electron chi connectivity index (χ0n) is 15.8. The molecule has 2 aliphatic rings. The third-order valence-corrected chi connectivity index (χ3v) is 6.11. The second-order valence-electron chi connectivity index (χ2n) is 8.09. The van der Waals surface area contributed by atoms with Crippen LogP contribution >= 0.6 is 0 Å². The fourth-order valence-electron chi connectivity index (χ4n) is 4.40. The molecular formula is C22H27N3O2. The number of hydrogen-bond donors (Lipinski definition) is 2. The van der Waals surface area contributed by atoms with Crippen LogP contribution in [0, 0.1) is 11.8 Å². The van der Waals surface area contributed by atoms with Gasteiger partial charge in [0.05, 0.1) is 16.8 Å². The third-order valence-electron chi connectivity index (χ3n) is 6.11. The number of carbonyl (C=O) groups is 1. The summed E-state index contributed by atoms with van der Waals surface area (Å²) in [6, 6.07) is 7.63. The molecule has 2 aliphatic carbocycles. The van der Waals surface area contributed by atoms with Crippen LogP contribution in [0.2, 0.25) is 0 Å². The topological polar surface area (TPSA) is 74.8 Å². The quantitative estimate of drug-likeness (QED) is 0.815. The molecule has 0 aliphatic heterocycles. The lowest BCUT2D eigenvalue weighted by Gasteiger charge is -2.31. The van der Waals surface area contributed by atoms with Gasteiger partial charge < -0.3 is 10.3 Å². The number of allylic oxidation sites excluding steroid dienone is 2. The summed E-state index contributed by atoms with van der Waals surface area (Å²) in [5, 5.41) is 3.86. The number of rotatable bonds is 3. The number of carbonyl (C=O) groups excluding carboxylic acids is 1. The van der Waals surface area contributed by atoms with E-state index in [0.717, 1.165) is 25.2 Å². The lowest BCUT2D eigenvalue weighted by molar-refractivity contribution is -0.126. The number of nitrogens with zero attached hydrogens (tertiary/aromatic N) is 1. The van der Waals surface area contributed by atoms with Gasteiger partial charge in [0.15, 0.2) is 0 Å². The molecule has 2 atom stereocenters. The van der Waals surface area contributed by atoms with Gasteiger partial charge in [-0.25, -0.2) is 4.98 Å². The summed E-state index contributed by atoms with van der Waals surface area (Å²) in [6.45, 7) is 2.28. The van der Waals surface area contributed by atoms with Gasteiger partial charge in [0.1, 0.15) is 5.82 Å². The Bertz CT molecular complexity index is 909. The van der Waals surface area contributed by atoms with Gasteiger partial charge in [-0.1, -0.05) is 31.2 Å². The second-order valence-corrected chi connectivity index (χ2v) is 8.09. The van der Waals surface area contributed by atoms with E-state index >= 15 is 0 Å². The molecule has 0 saturated heterocycles. The number of aromatic nitrogens is 2. The van der Waals surface area contributed by atoms with E-state index in [-0.39, 0.29) is 29.3 Å². The maximum Gasteiger partial charge on any atom is 0.258 e. The molecule has 0 spiro atoms. The summed E-state index contributed by atoms with van der Waals surface area (Å²) >= 11 is 0. The van der Waals surface area contributed by atoms with Crippen molar-refractivity contribution in [2.75, 3.05) is 0 Å². The van der Waals surface area contributed by atoms with Crippen molar-refractivity contribution in [1.82, 2.24) is 15.3 Å². The van der Waals surface area contributed by atoms with Crippen LogP contribution in [0.4, 0.5) is 0 Å². The van der Waals surface area contributed by atoms with E-state index in [9.17, 15) is 9.59 Å². The normalized spacial score (nSPS) is 28.2. The van der Waals surface area contributed by atoms with Crippen LogP contribution in [0.1, 0.15) is 57.2 Å². The average molecular weight is 365 g/mol. The van der Waals surface area contributed by atoms with Crippen molar-refractivity contribution in [3.05, 3.63) is 52.6 Å². The SMILES string of the molecule is CC1CCC(NC(=O)[C@H]2CC=CC[C@@H]2c2nc3ccccc3c(=O)[nH]2)CC1. The number of fused-ring (bicyclic) bond motifs is 1. The minimum Gasteiger partial charge on any atom is -0.353 e. The Labute approximate surface area is 159 Å². The van der Waals surface area contributed by atoms with Gasteiger partial charge in [-0.2, -0.15) is 0 Å². The van der Waals surface area contributed by atoms with Crippen molar-refractivity contribution in [2.24, 2.45) is 11.8 Å². The summed E-state index contributed by atoms with van der Waals surface area (Å²) in [5.41, 5.74) is 0.553. The van der Waals surface area contributed by atoms with Crippen LogP contribution < -0.4 is 10.9 Å². The van der Waals surface area contributed by atoms with Gasteiger partial charge >= 0.3 is 0 Å². The molecule has 0 bridgehead atoms. The van der Waals surface area contributed by atoms with Crippen molar-refractivity contribution in [2.45, 2.75) is 57.4 Å². The van der Waals surface area contributed by atoms with E-state index < -0.39 is 0 Å². The van der Waals surface area contributed by atoms with E-state index in [1.807, 2.05) is 18.2 Å². The number of aromatic amines is 1. The maximum atomic E-state index is 13.0. The maximum absolute atomic E-state index is 13.0. The zero-order valence-corrected chi connectivity index (χ0v) is 15.8. The molecule has 2 N–H and O–H groups in total. The van der Waals surface area contributed by atoms with Crippen molar-refractivity contribution in [3.63, 3.8) is 0 Å². The molecule has 5 nitrogen and oxygen atoms in total. The molecule has 1 aromatic carbocycles. The predicted molar refractivity (Wildman–Crippen MR) is 107 cm³/mol. The van der Waals surface area contributed by atoms with Crippen LogP contribution in [0.3, 0.4) is 0 Å². The second kappa shape index (κ2) is 7.67. The van der Waals surface area contributed by atoms with Gasteiger partial charge in [-0.3, -0.25) is 9.59 Å². The molecule has 1 saturated carbocycles. The molecule has 142 valence electrons. The van der Waals surface area contributed by atoms with Crippen molar-refractivity contribution in [1.29, 1.82) is 0 Å². The van der Waals surface area contributed by atoms with E-state index in [0.29, 0.717) is 23.1 Å². The van der Waals surface area contributed by atoms with Gasteiger partial charge in [0, 0.05) is 12.0 Å². The van der Waals surface area contributed by atoms with Crippen LogP contribution in [0.25, 0.3) is 10.9 Å². The highest BCUT2D eigenvalue weighted by Crippen LogP contribution is 2.33. The summed E-state index contributed by atoms with van der Waals surface area (Å²) in [7, 11) is 0. The molecule has 4 rings (SSSR count). The number of amides is 1. The van der Waals surface area contributed by atoms with Crippen molar-refractivity contribution >= 4 is 16.8 Å². The average Bonchev–Trinajstić information content (AvgIpc) is 2.70. The number of benzene rings is 1. The third kappa shape index (κ3) is 3.82. The number of para-hydroxylation sites is 1. The van der Waals surface area contributed by atoms with Gasteiger partial charge in [-0.05, 0) is 56.6 Å². The number of H-pyrrole nitrogens is 1. The standard InChI is InChI=1S/C22H27N3O2/c1-14-10-12-15(13-11-14)23-21(26)17-7-3-2-6-16(17)20-24-19-9-5-4-8-18(19)22(27)25-20/h2-5,8-9,14-17H,6-7,10-13H2,1H3,(H,23,26)(H,24,25,27)/t14?,15?,16-,17-/m0/s1. The summed E-state index contributed by atoms with van der Waals surface area (Å²) in [4.78, 5) is 33.1. The number of nitrogens with one attached hydrogen (secondary N) is 2. The Hall–Kier alpha value is -2.43. The largest absolute Gasteiger partial charge is 0.353 e. The first-order valence-electron chi connectivity index (χ1n) is 10.1. The Morgan fingerprint density at radius 2 is 1.85 bits per heavy atom. The van der Waals surface area contributed by atoms with Gasteiger partial charge in [-0.15, -0.1) is 0 Å². The van der Waals surface area contributed by atoms with Gasteiger partial charge in [0.25, 0.3) is 5.56 Å². The fraction of sp³-hybridized carbons (Fsp3) is 0.500. The fourth-order valence-corrected chi connectivity index (χ4v) is 4.40. The molecule has 0 unspecified atom stereocenters. The lowest BCUT2D eigenvalue weighted by Crippen LogP contribution is -2.43. The van der Waals surface area contributed by atoms with E-state index in [2.05, 4.69) is 34.4 Å². The molecule has 2 aromatic rings. The van der Waals surface area contributed by atoms with Crippen LogP contribution in [-0.4, -0.2) is 21.9 Å². The van der Waals surface area contributed by atoms with Crippen molar-refractivity contribution < 1.29 is 4.79 Å². The molecular weight excluding hydrogens is 338 g/mol. The first kappa shape index (κ1) is 18.0. The van der Waals surface area contributed by atoms with E-state index in [1.165, 1.54) is 12.8 Å². The minimum absolute atomic E-state index is 0.0881. The van der Waals surface area contributed by atoms with Crippen LogP contribution in [-0.2, 0) is 4.79 Å². The smallest absolute Gasteiger partial charge is 0.258 e. The Kier molecular flexibility index (Phi) is 5.10. The molecule has 0 radical (unpaired) electrons. The monoisotopic (exact) mass is 365 g/mol. The minimum atomic E-state index is -0.182. The van der Waals surface area contributed by atoms with Crippen molar-refractivity contribution in [3.8, 4) is 0 Å². The molecule has 5 heteroatoms. The van der Waals surface area contributed by atoms with Gasteiger partial charge in [0.2, 0.25) is 5.91 Å². The zero-order chi connectivity index (χ0) is 18.8. The molecule has 27 heavy (non-hydrogen) atoms. The lowest BCUT2D eigenvalue weighted by atomic mass is 9.81. The molecule has 1 fully saturated rings. The van der Waals surface area contributed by atoms with E-state index in [4.69, 9.17) is 0 Å². The number of hydrogen-bond acceptors (Lipinski definition) is 3. The Morgan fingerprint density at radius 1 is 1.11 bits per heavy atom. The highest BCUT2D eigenvalue weighted by atomic mass is 16.2. The molecule has 1 aromatic heterocycles. The summed E-state index contributed by atoms with van der Waals surface area (Å²) < 4.78 is 0. The summed E-state index contributed by atoms with van der Waals surface area (Å²) in [5.74, 6) is 1.21. The molecule has 1 heterocycles. The first-order chi connectivity index (χ1) is 13.1. The highest BCUT2D eigenvalue weighted by Gasteiger charge is 2.33. The predicted octanol–water partition coefficient (Wildman–Crippen LogP) is 3.67.